The Labute approximate surface area is 131 Å². The molecule has 0 saturated heterocycles. The van der Waals surface area contributed by atoms with Crippen molar-refractivity contribution in [3.05, 3.63) is 47.4 Å². The smallest absolute Gasteiger partial charge is 0.340 e. The predicted octanol–water partition coefficient (Wildman–Crippen LogP) is 0.144. The van der Waals surface area contributed by atoms with Crippen LogP contribution in [0.5, 0.6) is 0 Å². The number of tetrazole rings is 1. The first-order valence-electron chi connectivity index (χ1n) is 6.43. The molecule has 2 rings (SSSR count). The Balaban J connectivity index is 2.16. The number of esters is 1. The highest BCUT2D eigenvalue weighted by atomic mass is 16.5. The molecule has 1 heterocycles. The molecule has 0 radical (unpaired) electrons. The van der Waals surface area contributed by atoms with E-state index in [1.165, 1.54) is 24.0 Å². The second-order valence-corrected chi connectivity index (χ2v) is 4.44. The number of allylic oxidation sites excluding steroid dienone is 1. The first kappa shape index (κ1) is 15.8. The van der Waals surface area contributed by atoms with Crippen LogP contribution in [0.25, 0.3) is 5.69 Å². The van der Waals surface area contributed by atoms with Crippen molar-refractivity contribution in [2.45, 2.75) is 6.92 Å². The molecule has 9 heteroatoms. The molecule has 0 atom stereocenters. The zero-order valence-corrected chi connectivity index (χ0v) is 12.1. The van der Waals surface area contributed by atoms with Crippen LogP contribution in [0.1, 0.15) is 17.3 Å². The van der Waals surface area contributed by atoms with E-state index in [0.717, 1.165) is 0 Å². The van der Waals surface area contributed by atoms with Gasteiger partial charge in [0.1, 0.15) is 18.0 Å². The van der Waals surface area contributed by atoms with Gasteiger partial charge in [0.2, 0.25) is 5.78 Å². The maximum Gasteiger partial charge on any atom is 0.340 e. The van der Waals surface area contributed by atoms with Gasteiger partial charge in [0.15, 0.2) is 6.61 Å². The summed E-state index contributed by atoms with van der Waals surface area (Å²) < 4.78 is 6.25. The van der Waals surface area contributed by atoms with Gasteiger partial charge in [-0.25, -0.2) is 4.79 Å². The quantitative estimate of drug-likeness (QED) is 0.467. The maximum atomic E-state index is 12.2. The minimum Gasteiger partial charge on any atom is -0.454 e. The molecule has 0 spiro atoms. The van der Waals surface area contributed by atoms with E-state index < -0.39 is 18.4 Å². The number of aromatic nitrogens is 4. The standard InChI is InChI=1S/C14H12N6O3/c1-9(16)11(6-15)13(21)7-23-14(22)10-4-2-3-5-12(10)20-8-17-18-19-20/h2-5,8H,7,16H2,1H3/b11-9-. The van der Waals surface area contributed by atoms with E-state index in [2.05, 4.69) is 15.5 Å². The van der Waals surface area contributed by atoms with Crippen LogP contribution in [-0.2, 0) is 9.53 Å². The first-order valence-corrected chi connectivity index (χ1v) is 6.43. The minimum absolute atomic E-state index is 0.0719. The number of ether oxygens (including phenoxy) is 1. The third kappa shape index (κ3) is 3.56. The molecule has 0 aliphatic rings. The van der Waals surface area contributed by atoms with Crippen LogP contribution in [0, 0.1) is 11.3 Å². The molecule has 0 amide bonds. The van der Waals surface area contributed by atoms with E-state index >= 15 is 0 Å². The maximum absolute atomic E-state index is 12.2. The van der Waals surface area contributed by atoms with Crippen molar-refractivity contribution in [3.63, 3.8) is 0 Å². The molecule has 1 aromatic carbocycles. The molecular formula is C14H12N6O3. The summed E-state index contributed by atoms with van der Waals surface area (Å²) in [6.45, 7) is 0.839. The fourth-order valence-corrected chi connectivity index (χ4v) is 1.77. The number of hydrogen-bond donors (Lipinski definition) is 1. The lowest BCUT2D eigenvalue weighted by Gasteiger charge is -2.08. The number of nitrogens with zero attached hydrogens (tertiary/aromatic N) is 5. The summed E-state index contributed by atoms with van der Waals surface area (Å²) in [5.74, 6) is -1.41. The second kappa shape index (κ2) is 6.95. The molecule has 1 aromatic heterocycles. The number of ketones is 1. The van der Waals surface area contributed by atoms with Crippen molar-refractivity contribution in [3.8, 4) is 11.8 Å². The molecule has 0 bridgehead atoms. The van der Waals surface area contributed by atoms with Crippen molar-refractivity contribution >= 4 is 11.8 Å². The Kier molecular flexibility index (Phi) is 4.79. The number of nitriles is 1. The van der Waals surface area contributed by atoms with Crippen molar-refractivity contribution in [1.29, 1.82) is 5.26 Å². The molecule has 0 aliphatic heterocycles. The lowest BCUT2D eigenvalue weighted by Crippen LogP contribution is -2.18. The summed E-state index contributed by atoms with van der Waals surface area (Å²) in [7, 11) is 0. The summed E-state index contributed by atoms with van der Waals surface area (Å²) in [4.78, 5) is 23.9. The predicted molar refractivity (Wildman–Crippen MR) is 76.9 cm³/mol. The number of para-hydroxylation sites is 1. The summed E-state index contributed by atoms with van der Waals surface area (Å²) >= 11 is 0. The third-order valence-electron chi connectivity index (χ3n) is 2.84. The minimum atomic E-state index is -0.739. The van der Waals surface area contributed by atoms with Crippen molar-refractivity contribution in [2.24, 2.45) is 5.73 Å². The molecule has 0 unspecified atom stereocenters. The van der Waals surface area contributed by atoms with Gasteiger partial charge >= 0.3 is 5.97 Å². The van der Waals surface area contributed by atoms with Crippen molar-refractivity contribution in [1.82, 2.24) is 20.2 Å². The van der Waals surface area contributed by atoms with Gasteiger partial charge in [-0.15, -0.1) is 5.10 Å². The van der Waals surface area contributed by atoms with Gasteiger partial charge in [-0.3, -0.25) is 4.79 Å². The zero-order valence-electron chi connectivity index (χ0n) is 12.1. The Morgan fingerprint density at radius 2 is 2.13 bits per heavy atom. The highest BCUT2D eigenvalue weighted by Gasteiger charge is 2.18. The Morgan fingerprint density at radius 3 is 2.74 bits per heavy atom. The van der Waals surface area contributed by atoms with Crippen LogP contribution in [0.15, 0.2) is 41.9 Å². The average molecular weight is 312 g/mol. The van der Waals surface area contributed by atoms with Gasteiger partial charge in [-0.2, -0.15) is 9.94 Å². The normalized spacial score (nSPS) is 11.3. The Hall–Kier alpha value is -3.54. The molecule has 2 aromatic rings. The monoisotopic (exact) mass is 312 g/mol. The largest absolute Gasteiger partial charge is 0.454 e. The topological polar surface area (TPSA) is 137 Å². The molecule has 9 nitrogen and oxygen atoms in total. The summed E-state index contributed by atoms with van der Waals surface area (Å²) in [5, 5.41) is 19.5. The van der Waals surface area contributed by atoms with Gasteiger partial charge in [-0.05, 0) is 29.5 Å². The van der Waals surface area contributed by atoms with Crippen LogP contribution in [0.2, 0.25) is 0 Å². The van der Waals surface area contributed by atoms with E-state index in [1.807, 2.05) is 0 Å². The van der Waals surface area contributed by atoms with Crippen LogP contribution in [0.4, 0.5) is 0 Å². The van der Waals surface area contributed by atoms with Crippen LogP contribution in [-0.4, -0.2) is 38.6 Å². The van der Waals surface area contributed by atoms with Crippen molar-refractivity contribution in [2.75, 3.05) is 6.61 Å². The molecule has 23 heavy (non-hydrogen) atoms. The fourth-order valence-electron chi connectivity index (χ4n) is 1.77. The SMILES string of the molecule is C/C(N)=C(\C#N)C(=O)COC(=O)c1ccccc1-n1cnnn1. The molecule has 0 fully saturated rings. The Morgan fingerprint density at radius 1 is 1.39 bits per heavy atom. The summed E-state index contributed by atoms with van der Waals surface area (Å²) in [6.07, 6.45) is 1.32. The number of hydrogen-bond acceptors (Lipinski definition) is 8. The van der Waals surface area contributed by atoms with Gasteiger partial charge in [0.05, 0.1) is 11.3 Å². The molecule has 0 aliphatic carbocycles. The number of rotatable bonds is 5. The molecule has 2 N–H and O–H groups in total. The first-order chi connectivity index (χ1) is 11.0. The van der Waals surface area contributed by atoms with E-state index in [-0.39, 0.29) is 16.8 Å². The molecular weight excluding hydrogens is 300 g/mol. The fraction of sp³-hybridized carbons (Fsp3) is 0.143. The number of nitrogens with two attached hydrogens (primary N) is 1. The number of carbonyl (C=O) groups excluding carboxylic acids is 2. The van der Waals surface area contributed by atoms with Gasteiger partial charge in [0, 0.05) is 5.70 Å². The van der Waals surface area contributed by atoms with E-state index in [9.17, 15) is 9.59 Å². The highest BCUT2D eigenvalue weighted by molar-refractivity contribution is 6.02. The highest BCUT2D eigenvalue weighted by Crippen LogP contribution is 2.14. The molecule has 116 valence electrons. The van der Waals surface area contributed by atoms with Crippen LogP contribution in [0.3, 0.4) is 0 Å². The average Bonchev–Trinajstić information content (AvgIpc) is 3.07. The van der Waals surface area contributed by atoms with E-state index in [1.54, 1.807) is 24.3 Å². The van der Waals surface area contributed by atoms with Gasteiger partial charge in [-0.1, -0.05) is 12.1 Å². The zero-order chi connectivity index (χ0) is 16.8. The second-order valence-electron chi connectivity index (χ2n) is 4.44. The van der Waals surface area contributed by atoms with Crippen LogP contribution >= 0.6 is 0 Å². The van der Waals surface area contributed by atoms with Gasteiger partial charge < -0.3 is 10.5 Å². The van der Waals surface area contributed by atoms with Crippen molar-refractivity contribution < 1.29 is 14.3 Å². The van der Waals surface area contributed by atoms with Gasteiger partial charge in [0.25, 0.3) is 0 Å². The molecule has 0 saturated carbocycles. The number of Topliss-reactive ketones (excluding diaryl/α,β-unsaturated/α-hetero) is 1. The van der Waals surface area contributed by atoms with Crippen LogP contribution < -0.4 is 5.73 Å². The summed E-state index contributed by atoms with van der Waals surface area (Å²) in [6, 6.07) is 8.16. The van der Waals surface area contributed by atoms with E-state index in [4.69, 9.17) is 15.7 Å². The lowest BCUT2D eigenvalue weighted by molar-refractivity contribution is -0.118. The lowest BCUT2D eigenvalue weighted by atomic mass is 10.1. The van der Waals surface area contributed by atoms with E-state index in [0.29, 0.717) is 5.69 Å². The summed E-state index contributed by atoms with van der Waals surface area (Å²) in [5.41, 5.74) is 5.85. The number of carbonyl (C=O) groups is 2. The third-order valence-corrected chi connectivity index (χ3v) is 2.84. The Bertz CT molecular complexity index is 800. The number of benzene rings is 1.